The van der Waals surface area contributed by atoms with Crippen LogP contribution in [0, 0.1) is 6.92 Å². The highest BCUT2D eigenvalue weighted by Crippen LogP contribution is 2.39. The maximum Gasteiger partial charge on any atom is 0.335 e. The van der Waals surface area contributed by atoms with Crippen LogP contribution in [0.1, 0.15) is 54.2 Å². The lowest BCUT2D eigenvalue weighted by atomic mass is 10.2. The number of carboxylic acids is 1. The number of pyridine rings is 1. The minimum Gasteiger partial charge on any atom is -0.497 e. The van der Waals surface area contributed by atoms with Gasteiger partial charge in [0, 0.05) is 23.6 Å². The Bertz CT molecular complexity index is 1500. The van der Waals surface area contributed by atoms with Crippen molar-refractivity contribution in [1.29, 1.82) is 0 Å². The van der Waals surface area contributed by atoms with E-state index < -0.39 is 16.0 Å². The van der Waals surface area contributed by atoms with E-state index in [2.05, 4.69) is 23.6 Å². The van der Waals surface area contributed by atoms with Gasteiger partial charge in [0.05, 0.1) is 52.5 Å². The van der Waals surface area contributed by atoms with Crippen LogP contribution in [0.25, 0.3) is 0 Å². The third kappa shape index (κ3) is 8.20. The molecule has 0 aliphatic rings. The van der Waals surface area contributed by atoms with Crippen LogP contribution in [-0.4, -0.2) is 57.0 Å². The van der Waals surface area contributed by atoms with E-state index in [1.165, 1.54) is 54.2 Å². The number of nitrogens with zero attached hydrogens (tertiary/aromatic N) is 3. The topological polar surface area (TPSA) is 118 Å². The Morgan fingerprint density at radius 3 is 2.57 bits per heavy atom. The number of methoxy groups -OCH3 is 2. The van der Waals surface area contributed by atoms with Crippen molar-refractivity contribution in [3.63, 3.8) is 0 Å². The minimum absolute atomic E-state index is 0.00690. The number of aromatic carboxylic acids is 1. The fourth-order valence-electron chi connectivity index (χ4n) is 4.19. The molecule has 0 saturated heterocycles. The second kappa shape index (κ2) is 15.9. The standard InChI is InChI=1S/C30H37N3O6S3/c1-6-7-8-9-15-41-29-26(32-18-21(2)28(29)39-5)19-40-20-33(27-14-13-23(38-4)17-25(27)31-3)42(36,37)24-12-10-11-22(16-24)30(34)35/h10-14,16-18H,3,6-9,15,19-20H2,1-2,4-5H3,(H,34,35). The van der Waals surface area contributed by atoms with E-state index in [0.717, 1.165) is 46.6 Å². The predicted molar refractivity (Wildman–Crippen MR) is 172 cm³/mol. The van der Waals surface area contributed by atoms with Gasteiger partial charge in [-0.1, -0.05) is 32.3 Å². The first kappa shape index (κ1) is 33.3. The quantitative estimate of drug-likeness (QED) is 0.0714. The largest absolute Gasteiger partial charge is 0.497 e. The van der Waals surface area contributed by atoms with Crippen LogP contribution in [0.2, 0.25) is 0 Å². The van der Waals surface area contributed by atoms with Crippen molar-refractivity contribution < 1.29 is 27.8 Å². The molecule has 1 heterocycles. The van der Waals surface area contributed by atoms with Crippen LogP contribution in [0.4, 0.5) is 11.4 Å². The SMILES string of the molecule is C=Nc1cc(OC)ccc1N(CSCc1ncc(C)c(OC)c1SCCCCCC)S(=O)(=O)c1cccc(C(=O)O)c1. The number of hydrogen-bond acceptors (Lipinski definition) is 9. The van der Waals surface area contributed by atoms with E-state index in [1.807, 2.05) is 6.92 Å². The van der Waals surface area contributed by atoms with E-state index in [4.69, 9.17) is 9.47 Å². The maximum atomic E-state index is 14.0. The summed E-state index contributed by atoms with van der Waals surface area (Å²) in [6.07, 6.45) is 6.37. The van der Waals surface area contributed by atoms with Crippen molar-refractivity contribution in [3.8, 4) is 11.5 Å². The van der Waals surface area contributed by atoms with Crippen molar-refractivity contribution in [2.75, 3.05) is 30.2 Å². The molecule has 0 unspecified atom stereocenters. The van der Waals surface area contributed by atoms with Crippen molar-refractivity contribution in [1.82, 2.24) is 4.98 Å². The smallest absolute Gasteiger partial charge is 0.335 e. The van der Waals surface area contributed by atoms with Gasteiger partial charge in [-0.2, -0.15) is 0 Å². The Morgan fingerprint density at radius 1 is 1.12 bits per heavy atom. The van der Waals surface area contributed by atoms with Crippen LogP contribution < -0.4 is 13.8 Å². The lowest BCUT2D eigenvalue weighted by Crippen LogP contribution is -2.31. The molecule has 3 aromatic rings. The summed E-state index contributed by atoms with van der Waals surface area (Å²) in [6.45, 7) is 7.76. The maximum absolute atomic E-state index is 14.0. The molecule has 0 spiro atoms. The van der Waals surface area contributed by atoms with E-state index in [1.54, 1.807) is 43.3 Å². The summed E-state index contributed by atoms with van der Waals surface area (Å²) in [5.74, 6) is 1.42. The fourth-order valence-corrected chi connectivity index (χ4v) is 8.28. The zero-order chi connectivity index (χ0) is 30.7. The number of benzene rings is 2. The number of aliphatic imine (C=N–C) groups is 1. The second-order valence-electron chi connectivity index (χ2n) is 9.34. The van der Waals surface area contributed by atoms with Crippen LogP contribution in [-0.2, 0) is 15.8 Å². The molecule has 226 valence electrons. The molecule has 1 N–H and O–H groups in total. The van der Waals surface area contributed by atoms with Crippen molar-refractivity contribution in [3.05, 3.63) is 65.5 Å². The summed E-state index contributed by atoms with van der Waals surface area (Å²) < 4.78 is 40.2. The van der Waals surface area contributed by atoms with Gasteiger partial charge in [-0.15, -0.1) is 23.5 Å². The van der Waals surface area contributed by atoms with E-state index in [-0.39, 0.29) is 16.3 Å². The van der Waals surface area contributed by atoms with Crippen LogP contribution in [0.3, 0.4) is 0 Å². The number of aromatic nitrogens is 1. The second-order valence-corrected chi connectivity index (χ2v) is 13.3. The van der Waals surface area contributed by atoms with Crippen LogP contribution >= 0.6 is 23.5 Å². The number of anilines is 1. The van der Waals surface area contributed by atoms with Gasteiger partial charge in [-0.05, 0) is 56.1 Å². The lowest BCUT2D eigenvalue weighted by Gasteiger charge is -2.26. The van der Waals surface area contributed by atoms with Gasteiger partial charge in [0.15, 0.2) is 0 Å². The Hall–Kier alpha value is -3.22. The van der Waals surface area contributed by atoms with Crippen molar-refractivity contribution in [2.24, 2.45) is 4.99 Å². The summed E-state index contributed by atoms with van der Waals surface area (Å²) in [5.41, 5.74) is 2.22. The Balaban J connectivity index is 1.96. The highest BCUT2D eigenvalue weighted by Gasteiger charge is 2.28. The average Bonchev–Trinajstić information content (AvgIpc) is 2.99. The first-order valence-electron chi connectivity index (χ1n) is 13.4. The highest BCUT2D eigenvalue weighted by atomic mass is 32.2. The van der Waals surface area contributed by atoms with E-state index in [9.17, 15) is 18.3 Å². The van der Waals surface area contributed by atoms with Gasteiger partial charge in [-0.25, -0.2) is 13.2 Å². The number of thioether (sulfide) groups is 2. The van der Waals surface area contributed by atoms with Crippen LogP contribution in [0.5, 0.6) is 11.5 Å². The molecular weight excluding hydrogens is 595 g/mol. The molecule has 0 aliphatic heterocycles. The molecule has 12 heteroatoms. The molecule has 3 rings (SSSR count). The Labute approximate surface area is 256 Å². The van der Waals surface area contributed by atoms with Crippen molar-refractivity contribution >= 4 is 57.6 Å². The van der Waals surface area contributed by atoms with Gasteiger partial charge in [0.2, 0.25) is 0 Å². The summed E-state index contributed by atoms with van der Waals surface area (Å²) in [5, 5.41) is 9.46. The highest BCUT2D eigenvalue weighted by molar-refractivity contribution is 8.01. The predicted octanol–water partition coefficient (Wildman–Crippen LogP) is 7.20. The summed E-state index contributed by atoms with van der Waals surface area (Å²) in [7, 11) is -1.05. The number of carbonyl (C=O) groups is 1. The molecule has 2 aromatic carbocycles. The fraction of sp³-hybridized carbons (Fsp3) is 0.367. The molecule has 0 saturated carbocycles. The third-order valence-corrected chi connectivity index (χ3v) is 10.5. The van der Waals surface area contributed by atoms with Gasteiger partial charge < -0.3 is 14.6 Å². The molecule has 0 amide bonds. The number of unbranched alkanes of at least 4 members (excludes halogenated alkanes) is 3. The minimum atomic E-state index is -4.20. The summed E-state index contributed by atoms with van der Waals surface area (Å²) in [6, 6.07) is 10.1. The summed E-state index contributed by atoms with van der Waals surface area (Å²) >= 11 is 3.07. The average molecular weight is 632 g/mol. The molecule has 42 heavy (non-hydrogen) atoms. The zero-order valence-electron chi connectivity index (χ0n) is 24.3. The molecule has 1 aromatic heterocycles. The number of aryl methyl sites for hydroxylation is 1. The van der Waals surface area contributed by atoms with Gasteiger partial charge in [0.25, 0.3) is 10.0 Å². The molecule has 0 aliphatic carbocycles. The molecule has 0 atom stereocenters. The zero-order valence-corrected chi connectivity index (χ0v) is 26.8. The number of ether oxygens (including phenoxy) is 2. The third-order valence-electron chi connectivity index (χ3n) is 6.43. The van der Waals surface area contributed by atoms with Crippen molar-refractivity contribution in [2.45, 2.75) is 55.1 Å². The molecular formula is C30H37N3O6S3. The number of carboxylic acid groups (broad SMARTS) is 1. The molecule has 0 radical (unpaired) electrons. The van der Waals surface area contributed by atoms with E-state index in [0.29, 0.717) is 22.9 Å². The molecule has 9 nitrogen and oxygen atoms in total. The molecule has 0 bridgehead atoms. The number of rotatable bonds is 17. The van der Waals surface area contributed by atoms with Gasteiger partial charge in [-0.3, -0.25) is 14.3 Å². The lowest BCUT2D eigenvalue weighted by molar-refractivity contribution is 0.0696. The molecule has 0 fully saturated rings. The number of hydrogen-bond donors (Lipinski definition) is 1. The first-order valence-corrected chi connectivity index (χ1v) is 17.0. The monoisotopic (exact) mass is 631 g/mol. The van der Waals surface area contributed by atoms with Gasteiger partial charge in [0.1, 0.15) is 11.5 Å². The number of sulfonamides is 1. The first-order chi connectivity index (χ1) is 20.2. The van der Waals surface area contributed by atoms with Gasteiger partial charge >= 0.3 is 5.97 Å². The summed E-state index contributed by atoms with van der Waals surface area (Å²) in [4.78, 5) is 21.1. The normalized spacial score (nSPS) is 11.2. The van der Waals surface area contributed by atoms with Crippen LogP contribution in [0.15, 0.2) is 63.4 Å². The van der Waals surface area contributed by atoms with E-state index >= 15 is 0 Å². The Morgan fingerprint density at radius 2 is 1.90 bits per heavy atom. The Kier molecular flexibility index (Phi) is 12.6.